The molecule has 0 bridgehead atoms. The van der Waals surface area contributed by atoms with E-state index in [2.05, 4.69) is 22.4 Å². The quantitative estimate of drug-likeness (QED) is 0.365. The van der Waals surface area contributed by atoms with Crippen LogP contribution in [0.25, 0.3) is 0 Å². The van der Waals surface area contributed by atoms with Crippen molar-refractivity contribution in [2.75, 3.05) is 6.54 Å². The highest BCUT2D eigenvalue weighted by molar-refractivity contribution is 6.43. The van der Waals surface area contributed by atoms with Gasteiger partial charge in [-0.15, -0.1) is 6.58 Å². The molecule has 106 valence electrons. The van der Waals surface area contributed by atoms with E-state index in [4.69, 9.17) is 23.2 Å². The van der Waals surface area contributed by atoms with Gasteiger partial charge in [-0.05, 0) is 6.07 Å². The van der Waals surface area contributed by atoms with Crippen molar-refractivity contribution in [3.8, 4) is 0 Å². The lowest BCUT2D eigenvalue weighted by atomic mass is 10.2. The number of hydrazone groups is 1. The molecule has 0 aliphatic carbocycles. The third kappa shape index (κ3) is 5.42. The Morgan fingerprint density at radius 2 is 2.05 bits per heavy atom. The molecule has 0 aromatic heterocycles. The van der Waals surface area contributed by atoms with Crippen LogP contribution in [-0.4, -0.2) is 24.6 Å². The van der Waals surface area contributed by atoms with Gasteiger partial charge < -0.3 is 5.32 Å². The normalized spacial score (nSPS) is 10.3. The summed E-state index contributed by atoms with van der Waals surface area (Å²) in [4.78, 5) is 22.6. The number of benzene rings is 1. The molecule has 1 aromatic rings. The molecule has 7 heteroatoms. The Bertz CT molecular complexity index is 544. The first-order valence-electron chi connectivity index (χ1n) is 5.68. The maximum absolute atomic E-state index is 11.4. The van der Waals surface area contributed by atoms with Gasteiger partial charge >= 0.3 is 0 Å². The Balaban J connectivity index is 2.48. The smallest absolute Gasteiger partial charge is 0.249 e. The summed E-state index contributed by atoms with van der Waals surface area (Å²) in [5, 5.41) is 6.93. The van der Waals surface area contributed by atoms with E-state index in [1.807, 2.05) is 0 Å². The Kier molecular flexibility index (Phi) is 6.76. The van der Waals surface area contributed by atoms with Gasteiger partial charge in [0.05, 0.1) is 16.3 Å². The maximum Gasteiger partial charge on any atom is 0.249 e. The zero-order chi connectivity index (χ0) is 15.0. The monoisotopic (exact) mass is 313 g/mol. The first kappa shape index (κ1) is 16.2. The standard InChI is InChI=1S/C13H13Cl2N3O2/c1-2-6-16-11(19)7-12(20)18-17-8-9-4-3-5-10(14)13(9)15/h2-5,8H,1,6-7H2,(H,16,19)(H,18,20)/b17-8+. The SMILES string of the molecule is C=CCNC(=O)CC(=O)N/N=C/c1cccc(Cl)c1Cl. The van der Waals surface area contributed by atoms with Gasteiger partial charge in [-0.1, -0.05) is 41.4 Å². The van der Waals surface area contributed by atoms with E-state index in [1.165, 1.54) is 12.3 Å². The average Bonchev–Trinajstić information content (AvgIpc) is 2.41. The Labute approximate surface area is 126 Å². The second kappa shape index (κ2) is 8.35. The molecule has 0 saturated carbocycles. The molecule has 0 aliphatic rings. The number of carbonyl (C=O) groups is 2. The fourth-order valence-corrected chi connectivity index (χ4v) is 1.58. The lowest BCUT2D eigenvalue weighted by Crippen LogP contribution is -2.29. The van der Waals surface area contributed by atoms with Crippen molar-refractivity contribution in [3.63, 3.8) is 0 Å². The van der Waals surface area contributed by atoms with Gasteiger partial charge in [-0.3, -0.25) is 9.59 Å². The van der Waals surface area contributed by atoms with Gasteiger partial charge in [0.1, 0.15) is 6.42 Å². The molecule has 0 unspecified atom stereocenters. The van der Waals surface area contributed by atoms with Crippen molar-refractivity contribution in [2.24, 2.45) is 5.10 Å². The van der Waals surface area contributed by atoms with Crippen molar-refractivity contribution >= 4 is 41.2 Å². The van der Waals surface area contributed by atoms with Crippen LogP contribution in [0.15, 0.2) is 36.0 Å². The summed E-state index contributed by atoms with van der Waals surface area (Å²) < 4.78 is 0. The molecule has 20 heavy (non-hydrogen) atoms. The van der Waals surface area contributed by atoms with E-state index in [0.29, 0.717) is 22.2 Å². The van der Waals surface area contributed by atoms with Gasteiger partial charge in [0.25, 0.3) is 0 Å². The zero-order valence-electron chi connectivity index (χ0n) is 10.5. The molecule has 0 radical (unpaired) electrons. The van der Waals surface area contributed by atoms with Crippen LogP contribution in [0.3, 0.4) is 0 Å². The van der Waals surface area contributed by atoms with Crippen LogP contribution in [0.5, 0.6) is 0 Å². The topological polar surface area (TPSA) is 70.6 Å². The molecule has 0 aliphatic heterocycles. The predicted octanol–water partition coefficient (Wildman–Crippen LogP) is 2.14. The molecule has 0 spiro atoms. The van der Waals surface area contributed by atoms with E-state index in [1.54, 1.807) is 18.2 Å². The Hall–Kier alpha value is -1.85. The second-order valence-corrected chi connectivity index (χ2v) is 4.49. The van der Waals surface area contributed by atoms with E-state index in [-0.39, 0.29) is 6.42 Å². The van der Waals surface area contributed by atoms with Crippen LogP contribution in [0.4, 0.5) is 0 Å². The summed E-state index contributed by atoms with van der Waals surface area (Å²) in [6, 6.07) is 5.05. The summed E-state index contributed by atoms with van der Waals surface area (Å²) in [6.07, 6.45) is 2.57. The van der Waals surface area contributed by atoms with Crippen LogP contribution in [-0.2, 0) is 9.59 Å². The molecule has 0 heterocycles. The number of hydrogen-bond acceptors (Lipinski definition) is 3. The van der Waals surface area contributed by atoms with Crippen molar-refractivity contribution in [3.05, 3.63) is 46.5 Å². The van der Waals surface area contributed by atoms with E-state index < -0.39 is 11.8 Å². The molecular formula is C13H13Cl2N3O2. The number of nitrogens with one attached hydrogen (secondary N) is 2. The maximum atomic E-state index is 11.4. The van der Waals surface area contributed by atoms with Gasteiger partial charge in [0.15, 0.2) is 0 Å². The molecule has 0 atom stereocenters. The second-order valence-electron chi connectivity index (χ2n) is 3.71. The minimum absolute atomic E-state index is 0.311. The molecule has 1 aromatic carbocycles. The molecule has 0 saturated heterocycles. The van der Waals surface area contributed by atoms with Crippen LogP contribution < -0.4 is 10.7 Å². The first-order valence-corrected chi connectivity index (χ1v) is 6.43. The third-order valence-electron chi connectivity index (χ3n) is 2.14. The number of carbonyl (C=O) groups excluding carboxylic acids is 2. The highest BCUT2D eigenvalue weighted by Gasteiger charge is 2.07. The number of rotatable bonds is 6. The molecule has 2 N–H and O–H groups in total. The van der Waals surface area contributed by atoms with E-state index >= 15 is 0 Å². The lowest BCUT2D eigenvalue weighted by molar-refractivity contribution is -0.129. The molecule has 5 nitrogen and oxygen atoms in total. The van der Waals surface area contributed by atoms with Crippen molar-refractivity contribution in [2.45, 2.75) is 6.42 Å². The van der Waals surface area contributed by atoms with Crippen LogP contribution in [0, 0.1) is 0 Å². The van der Waals surface area contributed by atoms with Crippen LogP contribution >= 0.6 is 23.2 Å². The highest BCUT2D eigenvalue weighted by atomic mass is 35.5. The van der Waals surface area contributed by atoms with Crippen molar-refractivity contribution in [1.82, 2.24) is 10.7 Å². The molecule has 2 amide bonds. The molecule has 0 fully saturated rings. The van der Waals surface area contributed by atoms with Gasteiger partial charge in [0, 0.05) is 12.1 Å². The van der Waals surface area contributed by atoms with Crippen molar-refractivity contribution < 1.29 is 9.59 Å². The zero-order valence-corrected chi connectivity index (χ0v) is 12.0. The number of halogens is 2. The minimum Gasteiger partial charge on any atom is -0.352 e. The summed E-state index contributed by atoms with van der Waals surface area (Å²) in [7, 11) is 0. The van der Waals surface area contributed by atoms with Crippen molar-refractivity contribution in [1.29, 1.82) is 0 Å². The fourth-order valence-electron chi connectivity index (χ4n) is 1.23. The average molecular weight is 314 g/mol. The summed E-state index contributed by atoms with van der Waals surface area (Å²) in [5.74, 6) is -0.931. The highest BCUT2D eigenvalue weighted by Crippen LogP contribution is 2.23. The predicted molar refractivity (Wildman–Crippen MR) is 80.0 cm³/mol. The van der Waals surface area contributed by atoms with Gasteiger partial charge in [-0.2, -0.15) is 5.10 Å². The summed E-state index contributed by atoms with van der Waals surface area (Å²) >= 11 is 11.8. The molecule has 1 rings (SSSR count). The minimum atomic E-state index is -0.527. The summed E-state index contributed by atoms with van der Waals surface area (Å²) in [6.45, 7) is 3.76. The Morgan fingerprint density at radius 1 is 1.30 bits per heavy atom. The number of amides is 2. The van der Waals surface area contributed by atoms with E-state index in [0.717, 1.165) is 0 Å². The van der Waals surface area contributed by atoms with E-state index in [9.17, 15) is 9.59 Å². The number of nitrogens with zero attached hydrogens (tertiary/aromatic N) is 1. The van der Waals surface area contributed by atoms with Crippen LogP contribution in [0.2, 0.25) is 10.0 Å². The third-order valence-corrected chi connectivity index (χ3v) is 2.97. The van der Waals surface area contributed by atoms with Gasteiger partial charge in [-0.25, -0.2) is 5.43 Å². The Morgan fingerprint density at radius 3 is 2.75 bits per heavy atom. The molecular weight excluding hydrogens is 301 g/mol. The first-order chi connectivity index (χ1) is 9.54. The lowest BCUT2D eigenvalue weighted by Gasteiger charge is -2.02. The number of hydrogen-bond donors (Lipinski definition) is 2. The fraction of sp³-hybridized carbons (Fsp3) is 0.154. The summed E-state index contributed by atoms with van der Waals surface area (Å²) in [5.41, 5.74) is 2.79. The van der Waals surface area contributed by atoms with Crippen LogP contribution in [0.1, 0.15) is 12.0 Å². The van der Waals surface area contributed by atoms with Gasteiger partial charge in [0.2, 0.25) is 11.8 Å². The largest absolute Gasteiger partial charge is 0.352 e.